The summed E-state index contributed by atoms with van der Waals surface area (Å²) in [5, 5.41) is 3.27. The molecular formula is C25H23N3O4. The lowest BCUT2D eigenvalue weighted by atomic mass is 10.1. The van der Waals surface area contributed by atoms with Crippen molar-refractivity contribution < 1.29 is 9.53 Å². The van der Waals surface area contributed by atoms with Gasteiger partial charge in [-0.2, -0.15) is 0 Å². The molecule has 0 bridgehead atoms. The molecule has 0 unspecified atom stereocenters. The normalized spacial score (nSPS) is 11.8. The fourth-order valence-electron chi connectivity index (χ4n) is 3.71. The summed E-state index contributed by atoms with van der Waals surface area (Å²) in [4.78, 5) is 39.4. The first-order valence-corrected chi connectivity index (χ1v) is 10.2. The summed E-state index contributed by atoms with van der Waals surface area (Å²) < 4.78 is 7.63. The van der Waals surface area contributed by atoms with Gasteiger partial charge >= 0.3 is 5.69 Å². The van der Waals surface area contributed by atoms with Crippen LogP contribution < -0.4 is 21.3 Å². The van der Waals surface area contributed by atoms with E-state index in [0.717, 1.165) is 10.1 Å². The first-order valence-electron chi connectivity index (χ1n) is 10.2. The van der Waals surface area contributed by atoms with E-state index in [2.05, 4.69) is 5.32 Å². The highest BCUT2D eigenvalue weighted by atomic mass is 16.5. The van der Waals surface area contributed by atoms with Crippen molar-refractivity contribution in [1.82, 2.24) is 14.5 Å². The van der Waals surface area contributed by atoms with Gasteiger partial charge in [-0.15, -0.1) is 0 Å². The first-order chi connectivity index (χ1) is 15.5. The van der Waals surface area contributed by atoms with Crippen molar-refractivity contribution >= 4 is 16.8 Å². The van der Waals surface area contributed by atoms with Gasteiger partial charge in [-0.25, -0.2) is 9.36 Å². The largest absolute Gasteiger partial charge is 0.497 e. The summed E-state index contributed by atoms with van der Waals surface area (Å²) in [6.45, 7) is 1.66. The van der Waals surface area contributed by atoms with E-state index >= 15 is 0 Å². The monoisotopic (exact) mass is 429 g/mol. The molecule has 1 amide bonds. The number of carbonyl (C=O) groups excluding carboxylic acids is 1. The van der Waals surface area contributed by atoms with E-state index in [-0.39, 0.29) is 18.5 Å². The number of rotatable bonds is 6. The summed E-state index contributed by atoms with van der Waals surface area (Å²) in [7, 11) is 1.51. The third-order valence-electron chi connectivity index (χ3n) is 5.34. The minimum absolute atomic E-state index is 0.221. The van der Waals surface area contributed by atoms with Crippen molar-refractivity contribution in [3.8, 4) is 11.4 Å². The van der Waals surface area contributed by atoms with E-state index in [9.17, 15) is 14.4 Å². The fraction of sp³-hybridized carbons (Fsp3) is 0.160. The van der Waals surface area contributed by atoms with Gasteiger partial charge in [0, 0.05) is 6.07 Å². The molecule has 0 saturated heterocycles. The lowest BCUT2D eigenvalue weighted by Gasteiger charge is -2.17. The van der Waals surface area contributed by atoms with Crippen molar-refractivity contribution in [2.45, 2.75) is 19.5 Å². The number of amides is 1. The predicted molar refractivity (Wildman–Crippen MR) is 123 cm³/mol. The number of nitrogens with zero attached hydrogens (tertiary/aromatic N) is 2. The highest BCUT2D eigenvalue weighted by Gasteiger charge is 2.18. The number of methoxy groups -OCH3 is 1. The molecule has 0 aliphatic heterocycles. The summed E-state index contributed by atoms with van der Waals surface area (Å²) in [6, 6.07) is 22.8. The van der Waals surface area contributed by atoms with Crippen LogP contribution in [0.2, 0.25) is 0 Å². The van der Waals surface area contributed by atoms with E-state index in [1.54, 1.807) is 48.5 Å². The Morgan fingerprint density at radius 3 is 2.44 bits per heavy atom. The summed E-state index contributed by atoms with van der Waals surface area (Å²) in [6.07, 6.45) is 0. The molecule has 4 aromatic rings. The summed E-state index contributed by atoms with van der Waals surface area (Å²) >= 11 is 0. The standard InChI is InChI=1S/C25H23N3O4/c1-17(18-9-4-3-5-10-18)26-23(29)16-27-22-14-7-6-13-21(22)24(30)28(25(27)31)19-11-8-12-20(15-19)32-2/h3-15,17H,16H2,1-2H3,(H,26,29)/t17-/m1/s1. The zero-order valence-corrected chi connectivity index (χ0v) is 17.8. The third kappa shape index (κ3) is 4.05. The van der Waals surface area contributed by atoms with Crippen LogP contribution in [-0.2, 0) is 11.3 Å². The molecule has 1 aromatic heterocycles. The first kappa shape index (κ1) is 21.1. The minimum atomic E-state index is -0.593. The lowest BCUT2D eigenvalue weighted by molar-refractivity contribution is -0.122. The molecule has 0 aliphatic rings. The maximum atomic E-state index is 13.4. The molecule has 1 N–H and O–H groups in total. The van der Waals surface area contributed by atoms with Crippen molar-refractivity contribution in [3.05, 3.63) is 105 Å². The number of hydrogen-bond donors (Lipinski definition) is 1. The van der Waals surface area contributed by atoms with E-state index in [0.29, 0.717) is 22.3 Å². The van der Waals surface area contributed by atoms with E-state index in [4.69, 9.17) is 4.74 Å². The molecule has 0 radical (unpaired) electrons. The Balaban J connectivity index is 1.78. The number of benzene rings is 3. The maximum Gasteiger partial charge on any atom is 0.336 e. The highest BCUT2D eigenvalue weighted by molar-refractivity contribution is 5.82. The fourth-order valence-corrected chi connectivity index (χ4v) is 3.71. The molecule has 7 nitrogen and oxygen atoms in total. The highest BCUT2D eigenvalue weighted by Crippen LogP contribution is 2.16. The van der Waals surface area contributed by atoms with Crippen LogP contribution in [-0.4, -0.2) is 22.2 Å². The lowest BCUT2D eigenvalue weighted by Crippen LogP contribution is -2.42. The van der Waals surface area contributed by atoms with E-state index < -0.39 is 11.2 Å². The molecule has 3 aromatic carbocycles. The Morgan fingerprint density at radius 2 is 1.69 bits per heavy atom. The molecule has 162 valence electrons. The van der Waals surface area contributed by atoms with Crippen LogP contribution in [0, 0.1) is 0 Å². The van der Waals surface area contributed by atoms with Crippen molar-refractivity contribution in [2.24, 2.45) is 0 Å². The topological polar surface area (TPSA) is 82.3 Å². The molecule has 0 saturated carbocycles. The predicted octanol–water partition coefficient (Wildman–Crippen LogP) is 3.04. The summed E-state index contributed by atoms with van der Waals surface area (Å²) in [5.41, 5.74) is 0.693. The zero-order valence-electron chi connectivity index (χ0n) is 17.8. The second-order valence-electron chi connectivity index (χ2n) is 7.43. The van der Waals surface area contributed by atoms with Crippen LogP contribution >= 0.6 is 0 Å². The number of aromatic nitrogens is 2. The summed E-state index contributed by atoms with van der Waals surface area (Å²) in [5.74, 6) is 0.187. The quantitative estimate of drug-likeness (QED) is 0.511. The number of fused-ring (bicyclic) bond motifs is 1. The number of carbonyl (C=O) groups is 1. The molecule has 1 atom stereocenters. The average Bonchev–Trinajstić information content (AvgIpc) is 2.82. The van der Waals surface area contributed by atoms with Crippen molar-refractivity contribution in [1.29, 1.82) is 0 Å². The maximum absolute atomic E-state index is 13.4. The van der Waals surface area contributed by atoms with Crippen LogP contribution in [0.4, 0.5) is 0 Å². The van der Waals surface area contributed by atoms with Gasteiger partial charge < -0.3 is 10.1 Å². The van der Waals surface area contributed by atoms with Crippen LogP contribution in [0.5, 0.6) is 5.75 Å². The molecule has 0 spiro atoms. The van der Waals surface area contributed by atoms with Gasteiger partial charge in [-0.3, -0.25) is 14.2 Å². The minimum Gasteiger partial charge on any atom is -0.497 e. The van der Waals surface area contributed by atoms with Gasteiger partial charge in [0.25, 0.3) is 5.56 Å². The van der Waals surface area contributed by atoms with Gasteiger partial charge in [0.05, 0.1) is 29.7 Å². The SMILES string of the molecule is COc1cccc(-n2c(=O)c3ccccc3n(CC(=O)N[C@H](C)c3ccccc3)c2=O)c1. The average molecular weight is 429 g/mol. The van der Waals surface area contributed by atoms with Crippen molar-refractivity contribution in [2.75, 3.05) is 7.11 Å². The van der Waals surface area contributed by atoms with Gasteiger partial charge in [-0.05, 0) is 36.8 Å². The van der Waals surface area contributed by atoms with E-state index in [1.165, 1.54) is 11.7 Å². The van der Waals surface area contributed by atoms with Gasteiger partial charge in [0.1, 0.15) is 12.3 Å². The molecule has 0 aliphatic carbocycles. The number of para-hydroxylation sites is 1. The zero-order chi connectivity index (χ0) is 22.7. The Bertz CT molecular complexity index is 1390. The Kier molecular flexibility index (Phi) is 5.89. The molecule has 1 heterocycles. The molecule has 7 heteroatoms. The second-order valence-corrected chi connectivity index (χ2v) is 7.43. The number of hydrogen-bond acceptors (Lipinski definition) is 4. The van der Waals surface area contributed by atoms with Gasteiger partial charge in [-0.1, -0.05) is 48.5 Å². The Morgan fingerprint density at radius 1 is 0.969 bits per heavy atom. The van der Waals surface area contributed by atoms with Crippen LogP contribution in [0.3, 0.4) is 0 Å². The van der Waals surface area contributed by atoms with E-state index in [1.807, 2.05) is 37.3 Å². The smallest absolute Gasteiger partial charge is 0.336 e. The molecule has 0 fully saturated rings. The molecule has 32 heavy (non-hydrogen) atoms. The number of ether oxygens (including phenoxy) is 1. The second kappa shape index (κ2) is 8.93. The Hall–Kier alpha value is -4.13. The van der Waals surface area contributed by atoms with Gasteiger partial charge in [0.2, 0.25) is 5.91 Å². The van der Waals surface area contributed by atoms with Crippen LogP contribution in [0.15, 0.2) is 88.5 Å². The van der Waals surface area contributed by atoms with Crippen molar-refractivity contribution in [3.63, 3.8) is 0 Å². The van der Waals surface area contributed by atoms with Crippen LogP contribution in [0.25, 0.3) is 16.6 Å². The van der Waals surface area contributed by atoms with Crippen LogP contribution in [0.1, 0.15) is 18.5 Å². The molecular weight excluding hydrogens is 406 g/mol. The Labute approximate surface area is 184 Å². The van der Waals surface area contributed by atoms with Gasteiger partial charge in [0.15, 0.2) is 0 Å². The number of nitrogens with one attached hydrogen (secondary N) is 1. The molecule has 4 rings (SSSR count). The third-order valence-corrected chi connectivity index (χ3v) is 5.34.